The topological polar surface area (TPSA) is 36.0 Å². The van der Waals surface area contributed by atoms with Crippen LogP contribution in [0.1, 0.15) is 17.2 Å². The number of aliphatic hydroxyl groups is 1. The normalized spacial score (nSPS) is 12.3. The molecule has 0 aliphatic rings. The third kappa shape index (κ3) is 2.84. The molecule has 2 N–H and O–H groups in total. The maximum Gasteiger partial charge on any atom is 0.106 e. The maximum absolute atomic E-state index is 10.6. The van der Waals surface area contributed by atoms with Crippen molar-refractivity contribution in [3.63, 3.8) is 0 Å². The average molecular weight is 318 g/mol. The van der Waals surface area contributed by atoms with E-state index in [4.69, 9.17) is 23.2 Å². The first-order valence-electron chi connectivity index (χ1n) is 6.52. The lowest BCUT2D eigenvalue weighted by molar-refractivity contribution is 0.221. The lowest BCUT2D eigenvalue weighted by Crippen LogP contribution is -1.99. The number of hydrogen-bond donors (Lipinski definition) is 2. The highest BCUT2D eigenvalue weighted by Crippen LogP contribution is 2.34. The second-order valence-electron chi connectivity index (χ2n) is 4.77. The van der Waals surface area contributed by atoms with Crippen molar-refractivity contribution in [2.75, 3.05) is 0 Å². The first kappa shape index (κ1) is 14.2. The molecule has 0 fully saturated rings. The maximum atomic E-state index is 10.6. The van der Waals surface area contributed by atoms with Crippen LogP contribution < -0.4 is 0 Å². The molecule has 1 unspecified atom stereocenters. The van der Waals surface area contributed by atoms with Gasteiger partial charge in [0.1, 0.15) is 6.10 Å². The van der Waals surface area contributed by atoms with Gasteiger partial charge in [-0.3, -0.25) is 0 Å². The van der Waals surface area contributed by atoms with Crippen LogP contribution in [0.5, 0.6) is 0 Å². The molecule has 0 spiro atoms. The minimum Gasteiger partial charge on any atom is -0.384 e. The number of H-pyrrole nitrogens is 1. The molecular formula is C17H13Cl2NO. The van der Waals surface area contributed by atoms with Crippen molar-refractivity contribution in [2.24, 2.45) is 0 Å². The fourth-order valence-corrected chi connectivity index (χ4v) is 2.63. The smallest absolute Gasteiger partial charge is 0.106 e. The molecule has 0 saturated heterocycles. The number of halogens is 2. The molecule has 106 valence electrons. The second kappa shape index (κ2) is 5.94. The zero-order valence-electron chi connectivity index (χ0n) is 11.1. The van der Waals surface area contributed by atoms with E-state index in [2.05, 4.69) is 4.98 Å². The van der Waals surface area contributed by atoms with Gasteiger partial charge in [0.05, 0.1) is 10.0 Å². The number of aliphatic hydroxyl groups excluding tert-OH is 1. The van der Waals surface area contributed by atoms with Gasteiger partial charge in [0, 0.05) is 23.5 Å². The van der Waals surface area contributed by atoms with E-state index < -0.39 is 6.10 Å². The van der Waals surface area contributed by atoms with Gasteiger partial charge in [-0.15, -0.1) is 0 Å². The van der Waals surface area contributed by atoms with E-state index in [1.54, 1.807) is 18.3 Å². The Bertz CT molecular complexity index is 752. The zero-order chi connectivity index (χ0) is 14.8. The Hall–Kier alpha value is -1.74. The predicted octanol–water partition coefficient (Wildman–Crippen LogP) is 5.07. The van der Waals surface area contributed by atoms with E-state index in [1.807, 2.05) is 42.6 Å². The van der Waals surface area contributed by atoms with Gasteiger partial charge in [-0.2, -0.15) is 0 Å². The Kier molecular flexibility index (Phi) is 4.02. The number of aromatic nitrogens is 1. The molecule has 0 amide bonds. The van der Waals surface area contributed by atoms with Gasteiger partial charge in [0.15, 0.2) is 0 Å². The number of hydrogen-bond acceptors (Lipinski definition) is 1. The number of aromatic amines is 1. The van der Waals surface area contributed by atoms with Crippen LogP contribution >= 0.6 is 23.2 Å². The number of rotatable bonds is 3. The summed E-state index contributed by atoms with van der Waals surface area (Å²) in [6.07, 6.45) is 2.96. The zero-order valence-corrected chi connectivity index (χ0v) is 12.6. The Labute approximate surface area is 133 Å². The van der Waals surface area contributed by atoms with E-state index >= 15 is 0 Å². The van der Waals surface area contributed by atoms with E-state index in [-0.39, 0.29) is 0 Å². The molecule has 3 rings (SSSR count). The summed E-state index contributed by atoms with van der Waals surface area (Å²) >= 11 is 12.0. The van der Waals surface area contributed by atoms with Gasteiger partial charge in [0.25, 0.3) is 0 Å². The summed E-state index contributed by atoms with van der Waals surface area (Å²) in [5.74, 6) is 0. The lowest BCUT2D eigenvalue weighted by Gasteiger charge is -2.12. The van der Waals surface area contributed by atoms with Crippen LogP contribution in [0.4, 0.5) is 0 Å². The highest BCUT2D eigenvalue weighted by molar-refractivity contribution is 6.42. The van der Waals surface area contributed by atoms with Crippen LogP contribution in [0.25, 0.3) is 11.1 Å². The largest absolute Gasteiger partial charge is 0.384 e. The van der Waals surface area contributed by atoms with Crippen molar-refractivity contribution in [3.8, 4) is 11.1 Å². The monoisotopic (exact) mass is 317 g/mol. The van der Waals surface area contributed by atoms with Gasteiger partial charge < -0.3 is 10.1 Å². The summed E-state index contributed by atoms with van der Waals surface area (Å²) in [5.41, 5.74) is 3.47. The van der Waals surface area contributed by atoms with Gasteiger partial charge in [0.2, 0.25) is 0 Å². The summed E-state index contributed by atoms with van der Waals surface area (Å²) in [7, 11) is 0. The molecule has 0 saturated carbocycles. The predicted molar refractivity (Wildman–Crippen MR) is 86.8 cm³/mol. The molecule has 2 aromatic carbocycles. The molecule has 0 bridgehead atoms. The fraction of sp³-hybridized carbons (Fsp3) is 0.0588. The minimum absolute atomic E-state index is 0.496. The van der Waals surface area contributed by atoms with Crippen molar-refractivity contribution in [1.82, 2.24) is 4.98 Å². The standard InChI is InChI=1S/C17H13Cl2NO/c18-15-7-6-12(8-16(15)19)13-9-20-10-14(13)17(21)11-4-2-1-3-5-11/h1-10,17,20-21H. The Morgan fingerprint density at radius 2 is 1.67 bits per heavy atom. The summed E-state index contributed by atoms with van der Waals surface area (Å²) in [6.45, 7) is 0. The molecule has 2 nitrogen and oxygen atoms in total. The first-order chi connectivity index (χ1) is 10.2. The molecule has 0 aliphatic carbocycles. The Balaban J connectivity index is 2.03. The van der Waals surface area contributed by atoms with Crippen molar-refractivity contribution in [3.05, 3.63) is 82.1 Å². The molecule has 0 radical (unpaired) electrons. The number of benzene rings is 2. The summed E-state index contributed by atoms with van der Waals surface area (Å²) in [5, 5.41) is 11.6. The molecule has 1 aromatic heterocycles. The van der Waals surface area contributed by atoms with E-state index in [1.165, 1.54) is 0 Å². The SMILES string of the molecule is OC(c1ccccc1)c1c[nH]cc1-c1ccc(Cl)c(Cl)c1. The van der Waals surface area contributed by atoms with E-state index in [9.17, 15) is 5.11 Å². The lowest BCUT2D eigenvalue weighted by atomic mass is 9.97. The third-order valence-corrected chi connectivity index (χ3v) is 4.16. The van der Waals surface area contributed by atoms with Crippen LogP contribution in [-0.2, 0) is 0 Å². The van der Waals surface area contributed by atoms with Gasteiger partial charge in [-0.25, -0.2) is 0 Å². The summed E-state index contributed by atoms with van der Waals surface area (Å²) in [4.78, 5) is 3.05. The van der Waals surface area contributed by atoms with Crippen LogP contribution in [-0.4, -0.2) is 10.1 Å². The molecular weight excluding hydrogens is 305 g/mol. The Morgan fingerprint density at radius 3 is 2.38 bits per heavy atom. The van der Waals surface area contributed by atoms with Gasteiger partial charge in [-0.05, 0) is 23.3 Å². The average Bonchev–Trinajstić information content (AvgIpc) is 2.99. The third-order valence-electron chi connectivity index (χ3n) is 3.42. The van der Waals surface area contributed by atoms with Crippen LogP contribution in [0.2, 0.25) is 10.0 Å². The van der Waals surface area contributed by atoms with E-state index in [0.717, 1.165) is 22.3 Å². The second-order valence-corrected chi connectivity index (χ2v) is 5.58. The van der Waals surface area contributed by atoms with Crippen molar-refractivity contribution < 1.29 is 5.11 Å². The molecule has 21 heavy (non-hydrogen) atoms. The van der Waals surface area contributed by atoms with Crippen LogP contribution in [0, 0.1) is 0 Å². The highest BCUT2D eigenvalue weighted by Gasteiger charge is 2.16. The number of nitrogens with one attached hydrogen (secondary N) is 1. The van der Waals surface area contributed by atoms with Crippen molar-refractivity contribution in [1.29, 1.82) is 0 Å². The van der Waals surface area contributed by atoms with Crippen molar-refractivity contribution in [2.45, 2.75) is 6.10 Å². The quantitative estimate of drug-likeness (QED) is 0.695. The molecule has 0 aliphatic heterocycles. The molecule has 3 aromatic rings. The highest BCUT2D eigenvalue weighted by atomic mass is 35.5. The van der Waals surface area contributed by atoms with Gasteiger partial charge in [-0.1, -0.05) is 59.6 Å². The van der Waals surface area contributed by atoms with Crippen LogP contribution in [0.15, 0.2) is 60.9 Å². The van der Waals surface area contributed by atoms with E-state index in [0.29, 0.717) is 10.0 Å². The molecule has 1 heterocycles. The molecule has 1 atom stereocenters. The first-order valence-corrected chi connectivity index (χ1v) is 7.27. The fourth-order valence-electron chi connectivity index (χ4n) is 2.33. The van der Waals surface area contributed by atoms with Crippen molar-refractivity contribution >= 4 is 23.2 Å². The van der Waals surface area contributed by atoms with Crippen LogP contribution in [0.3, 0.4) is 0 Å². The van der Waals surface area contributed by atoms with Gasteiger partial charge >= 0.3 is 0 Å². The minimum atomic E-state index is -0.693. The summed E-state index contributed by atoms with van der Waals surface area (Å²) < 4.78 is 0. The Morgan fingerprint density at radius 1 is 0.905 bits per heavy atom. The molecule has 4 heteroatoms. The summed E-state index contributed by atoms with van der Waals surface area (Å²) in [6, 6.07) is 15.0.